The number of anilines is 1. The molecule has 2 heterocycles. The Bertz CT molecular complexity index is 1310. The number of fused-ring (bicyclic) bond motifs is 1. The van der Waals surface area contributed by atoms with Crippen molar-refractivity contribution in [2.75, 3.05) is 11.4 Å². The van der Waals surface area contributed by atoms with E-state index in [1.807, 2.05) is 4.57 Å². The number of hydrogen-bond donors (Lipinski definition) is 0. The Kier molecular flexibility index (Phi) is 5.91. The van der Waals surface area contributed by atoms with E-state index in [2.05, 4.69) is 9.97 Å². The summed E-state index contributed by atoms with van der Waals surface area (Å²) in [4.78, 5) is 33.8. The van der Waals surface area contributed by atoms with E-state index in [4.69, 9.17) is 0 Å². The Morgan fingerprint density at radius 3 is 2.84 bits per heavy atom. The van der Waals surface area contributed by atoms with Crippen LogP contribution in [0.3, 0.4) is 0 Å². The normalized spacial score (nSPS) is 11.1. The fraction of sp³-hybridized carbons (Fsp3) is 0.190. The van der Waals surface area contributed by atoms with Gasteiger partial charge in [-0.15, -0.1) is 0 Å². The third-order valence-electron chi connectivity index (χ3n) is 4.97. The van der Waals surface area contributed by atoms with Crippen molar-refractivity contribution in [1.82, 2.24) is 14.5 Å². The van der Waals surface area contributed by atoms with Crippen molar-refractivity contribution < 1.29 is 18.5 Å². The summed E-state index contributed by atoms with van der Waals surface area (Å²) in [5, 5.41) is 11.5. The molecule has 2 aromatic carbocycles. The maximum atomic E-state index is 14.2. The van der Waals surface area contributed by atoms with Crippen LogP contribution in [0.1, 0.15) is 22.3 Å². The van der Waals surface area contributed by atoms with Gasteiger partial charge in [-0.1, -0.05) is 17.4 Å². The molecular formula is C21H17F2N5O3S. The molecule has 0 atom stereocenters. The standard InChI is InChI=1S/C21H17F2N5O3S/c1-13-15(4-2-5-17(13)28(30)31)20(29)27(8-3-7-26-9-6-24-12-26)21-25-19-16(23)10-14(22)11-18(19)32-21/h2,4-6,9-12H,3,7-8H2,1H3. The molecule has 4 rings (SSSR count). The zero-order chi connectivity index (χ0) is 22.8. The van der Waals surface area contributed by atoms with Gasteiger partial charge in [0.15, 0.2) is 10.9 Å². The largest absolute Gasteiger partial charge is 0.337 e. The summed E-state index contributed by atoms with van der Waals surface area (Å²) in [6.07, 6.45) is 5.59. The molecule has 1 amide bonds. The maximum Gasteiger partial charge on any atom is 0.273 e. The summed E-state index contributed by atoms with van der Waals surface area (Å²) >= 11 is 0.982. The zero-order valence-corrected chi connectivity index (χ0v) is 17.7. The maximum absolute atomic E-state index is 14.2. The first-order valence-electron chi connectivity index (χ1n) is 9.62. The molecule has 0 aliphatic carbocycles. The van der Waals surface area contributed by atoms with E-state index in [0.29, 0.717) is 13.0 Å². The van der Waals surface area contributed by atoms with Crippen molar-refractivity contribution >= 4 is 38.3 Å². The minimum absolute atomic E-state index is 0.0328. The van der Waals surface area contributed by atoms with Crippen LogP contribution in [0.2, 0.25) is 0 Å². The highest BCUT2D eigenvalue weighted by atomic mass is 32.1. The molecule has 0 aliphatic heterocycles. The molecule has 164 valence electrons. The van der Waals surface area contributed by atoms with E-state index in [0.717, 1.165) is 23.5 Å². The van der Waals surface area contributed by atoms with Gasteiger partial charge in [0.2, 0.25) is 0 Å². The summed E-state index contributed by atoms with van der Waals surface area (Å²) in [5.74, 6) is -2.06. The van der Waals surface area contributed by atoms with Gasteiger partial charge in [0.25, 0.3) is 11.6 Å². The van der Waals surface area contributed by atoms with Crippen molar-refractivity contribution in [3.63, 3.8) is 0 Å². The molecule has 0 fully saturated rings. The molecule has 2 aromatic heterocycles. The van der Waals surface area contributed by atoms with E-state index in [1.165, 1.54) is 30.0 Å². The number of aryl methyl sites for hydroxylation is 1. The molecule has 4 aromatic rings. The van der Waals surface area contributed by atoms with Gasteiger partial charge in [-0.05, 0) is 25.5 Å². The number of benzene rings is 2. The number of aromatic nitrogens is 3. The lowest BCUT2D eigenvalue weighted by Gasteiger charge is -2.21. The number of nitro groups is 1. The van der Waals surface area contributed by atoms with Gasteiger partial charge in [-0.25, -0.2) is 18.7 Å². The van der Waals surface area contributed by atoms with Crippen LogP contribution < -0.4 is 4.90 Å². The smallest absolute Gasteiger partial charge is 0.273 e. The number of imidazole rings is 1. The van der Waals surface area contributed by atoms with E-state index >= 15 is 0 Å². The predicted octanol–water partition coefficient (Wildman–Crippen LogP) is 4.72. The lowest BCUT2D eigenvalue weighted by atomic mass is 10.1. The monoisotopic (exact) mass is 457 g/mol. The first-order valence-corrected chi connectivity index (χ1v) is 10.4. The average Bonchev–Trinajstić information content (AvgIpc) is 3.40. The minimum Gasteiger partial charge on any atom is -0.337 e. The topological polar surface area (TPSA) is 94.2 Å². The van der Waals surface area contributed by atoms with Crippen LogP contribution in [0.15, 0.2) is 49.1 Å². The summed E-state index contributed by atoms with van der Waals surface area (Å²) in [6, 6.07) is 6.16. The van der Waals surface area contributed by atoms with Gasteiger partial charge in [-0.3, -0.25) is 19.8 Å². The third kappa shape index (κ3) is 4.19. The van der Waals surface area contributed by atoms with E-state index < -0.39 is 22.5 Å². The van der Waals surface area contributed by atoms with Gasteiger partial charge in [-0.2, -0.15) is 0 Å². The SMILES string of the molecule is Cc1c(C(=O)N(CCCn2ccnc2)c2nc3c(F)cc(F)cc3s2)cccc1[N+](=O)[O-]. The lowest BCUT2D eigenvalue weighted by Crippen LogP contribution is -2.33. The Labute approximate surface area is 184 Å². The quantitative estimate of drug-likeness (QED) is 0.296. The summed E-state index contributed by atoms with van der Waals surface area (Å²) in [7, 11) is 0. The van der Waals surface area contributed by atoms with Crippen LogP contribution >= 0.6 is 11.3 Å². The number of amides is 1. The van der Waals surface area contributed by atoms with Crippen molar-refractivity contribution in [2.24, 2.45) is 0 Å². The van der Waals surface area contributed by atoms with Crippen LogP contribution in [0, 0.1) is 28.7 Å². The van der Waals surface area contributed by atoms with Gasteiger partial charge in [0, 0.05) is 48.7 Å². The molecule has 32 heavy (non-hydrogen) atoms. The lowest BCUT2D eigenvalue weighted by molar-refractivity contribution is -0.385. The Hall–Kier alpha value is -3.73. The van der Waals surface area contributed by atoms with Crippen molar-refractivity contribution in [3.8, 4) is 0 Å². The van der Waals surface area contributed by atoms with Gasteiger partial charge in [0.05, 0.1) is 16.0 Å². The highest BCUT2D eigenvalue weighted by molar-refractivity contribution is 7.22. The van der Waals surface area contributed by atoms with Crippen molar-refractivity contribution in [3.05, 3.63) is 81.9 Å². The molecule has 0 bridgehead atoms. The molecule has 0 radical (unpaired) electrons. The number of halogens is 2. The number of hydrogen-bond acceptors (Lipinski definition) is 6. The fourth-order valence-corrected chi connectivity index (χ4v) is 4.40. The zero-order valence-electron chi connectivity index (χ0n) is 16.9. The number of carbonyl (C=O) groups is 1. The molecular weight excluding hydrogens is 440 g/mol. The average molecular weight is 457 g/mol. The minimum atomic E-state index is -0.820. The van der Waals surface area contributed by atoms with Gasteiger partial charge in [0.1, 0.15) is 11.3 Å². The van der Waals surface area contributed by atoms with Crippen LogP contribution in [0.4, 0.5) is 19.6 Å². The predicted molar refractivity (Wildman–Crippen MR) is 116 cm³/mol. The first-order chi connectivity index (χ1) is 15.3. The number of nitrogens with zero attached hydrogens (tertiary/aromatic N) is 5. The van der Waals surface area contributed by atoms with Crippen LogP contribution in [-0.4, -0.2) is 31.9 Å². The summed E-state index contributed by atoms with van der Waals surface area (Å²) in [5.41, 5.74) is 0.161. The Morgan fingerprint density at radius 1 is 1.31 bits per heavy atom. The van der Waals surface area contributed by atoms with E-state index in [1.54, 1.807) is 18.7 Å². The van der Waals surface area contributed by atoms with Crippen molar-refractivity contribution in [2.45, 2.75) is 19.9 Å². The second-order valence-corrected chi connectivity index (χ2v) is 8.06. The second kappa shape index (κ2) is 8.79. The van der Waals surface area contributed by atoms with Gasteiger partial charge >= 0.3 is 0 Å². The molecule has 0 aliphatic rings. The first kappa shape index (κ1) is 21.5. The van der Waals surface area contributed by atoms with Crippen LogP contribution in [0.5, 0.6) is 0 Å². The Morgan fingerprint density at radius 2 is 2.12 bits per heavy atom. The van der Waals surface area contributed by atoms with Crippen LogP contribution in [0.25, 0.3) is 10.2 Å². The second-order valence-electron chi connectivity index (χ2n) is 7.05. The Balaban J connectivity index is 1.72. The van der Waals surface area contributed by atoms with Gasteiger partial charge < -0.3 is 4.57 Å². The molecule has 0 N–H and O–H groups in total. The van der Waals surface area contributed by atoms with E-state index in [9.17, 15) is 23.7 Å². The molecule has 8 nitrogen and oxygen atoms in total. The molecule has 0 unspecified atom stereocenters. The number of rotatable bonds is 7. The highest BCUT2D eigenvalue weighted by Gasteiger charge is 2.26. The number of thiazole rings is 1. The number of nitro benzene ring substituents is 1. The number of carbonyl (C=O) groups excluding carboxylic acids is 1. The third-order valence-corrected chi connectivity index (χ3v) is 5.99. The molecule has 0 saturated heterocycles. The van der Waals surface area contributed by atoms with E-state index in [-0.39, 0.29) is 38.7 Å². The summed E-state index contributed by atoms with van der Waals surface area (Å²) < 4.78 is 30.0. The molecule has 0 saturated carbocycles. The highest BCUT2D eigenvalue weighted by Crippen LogP contribution is 2.33. The molecule has 0 spiro atoms. The van der Waals surface area contributed by atoms with Crippen molar-refractivity contribution in [1.29, 1.82) is 0 Å². The summed E-state index contributed by atoms with van der Waals surface area (Å²) in [6.45, 7) is 2.27. The fourth-order valence-electron chi connectivity index (χ4n) is 3.37. The molecule has 11 heteroatoms. The van der Waals surface area contributed by atoms with Crippen LogP contribution in [-0.2, 0) is 6.54 Å².